The number of benzene rings is 1. The van der Waals surface area contributed by atoms with E-state index in [2.05, 4.69) is 5.32 Å². The van der Waals surface area contributed by atoms with Gasteiger partial charge in [-0.3, -0.25) is 4.79 Å². The van der Waals surface area contributed by atoms with E-state index < -0.39 is 11.7 Å². The summed E-state index contributed by atoms with van der Waals surface area (Å²) in [5.41, 5.74) is 2.39. The van der Waals surface area contributed by atoms with Gasteiger partial charge in [0.25, 0.3) is 0 Å². The zero-order valence-corrected chi connectivity index (χ0v) is 11.5. The summed E-state index contributed by atoms with van der Waals surface area (Å²) in [5, 5.41) is 2.86. The number of amides is 1. The molecule has 0 fully saturated rings. The molecule has 0 saturated carbocycles. The summed E-state index contributed by atoms with van der Waals surface area (Å²) in [6.45, 7) is 5.50. The molecule has 1 aromatic carbocycles. The Morgan fingerprint density at radius 3 is 2.74 bits per heavy atom. The quantitative estimate of drug-likeness (QED) is 0.832. The lowest BCUT2D eigenvalue weighted by molar-refractivity contribution is 0.0506. The Hall–Kier alpha value is -1.84. The first-order valence-corrected chi connectivity index (χ1v) is 6.44. The normalized spacial score (nSPS) is 17.7. The molecule has 4 heteroatoms. The summed E-state index contributed by atoms with van der Waals surface area (Å²) in [6.07, 6.45) is 1.90. The van der Waals surface area contributed by atoms with Gasteiger partial charge in [0.15, 0.2) is 0 Å². The number of fused-ring (bicyclic) bond motifs is 1. The summed E-state index contributed by atoms with van der Waals surface area (Å²) in [6, 6.07) is 5.69. The van der Waals surface area contributed by atoms with Gasteiger partial charge in [0, 0.05) is 11.6 Å². The molecule has 0 radical (unpaired) electrons. The van der Waals surface area contributed by atoms with Gasteiger partial charge in [-0.2, -0.15) is 0 Å². The minimum atomic E-state index is -0.497. The van der Waals surface area contributed by atoms with Crippen LogP contribution in [0.3, 0.4) is 0 Å². The SMILES string of the molecule is CC(C)(C)OC(=O)NC1Cc2cccc(C=O)c2C1. The number of aldehydes is 1. The highest BCUT2D eigenvalue weighted by atomic mass is 16.6. The van der Waals surface area contributed by atoms with E-state index in [1.54, 1.807) is 0 Å². The first-order chi connectivity index (χ1) is 8.89. The van der Waals surface area contributed by atoms with Crippen molar-refractivity contribution in [2.24, 2.45) is 0 Å². The summed E-state index contributed by atoms with van der Waals surface area (Å²) in [7, 11) is 0. The van der Waals surface area contributed by atoms with Gasteiger partial charge in [0.1, 0.15) is 11.9 Å². The monoisotopic (exact) mass is 261 g/mol. The third-order valence-electron chi connectivity index (χ3n) is 3.07. The molecule has 0 saturated heterocycles. The van der Waals surface area contributed by atoms with Crippen molar-refractivity contribution in [3.05, 3.63) is 34.9 Å². The van der Waals surface area contributed by atoms with Crippen molar-refractivity contribution in [2.75, 3.05) is 0 Å². The molecule has 0 bridgehead atoms. The number of ether oxygens (including phenoxy) is 1. The summed E-state index contributed by atoms with van der Waals surface area (Å²) in [5.74, 6) is 0. The number of hydrogen-bond donors (Lipinski definition) is 1. The number of nitrogens with one attached hydrogen (secondary N) is 1. The van der Waals surface area contributed by atoms with Gasteiger partial charge in [-0.1, -0.05) is 18.2 Å². The average Bonchev–Trinajstić information content (AvgIpc) is 2.67. The van der Waals surface area contributed by atoms with Crippen LogP contribution in [0.5, 0.6) is 0 Å². The molecule has 2 rings (SSSR count). The molecule has 1 aliphatic rings. The number of rotatable bonds is 2. The highest BCUT2D eigenvalue weighted by Gasteiger charge is 2.26. The molecule has 1 atom stereocenters. The number of alkyl carbamates (subject to hydrolysis) is 1. The van der Waals surface area contributed by atoms with Crippen LogP contribution in [0.2, 0.25) is 0 Å². The lowest BCUT2D eigenvalue weighted by Gasteiger charge is -2.21. The van der Waals surface area contributed by atoms with E-state index in [9.17, 15) is 9.59 Å². The third kappa shape index (κ3) is 3.34. The van der Waals surface area contributed by atoms with E-state index in [1.165, 1.54) is 0 Å². The molecular weight excluding hydrogens is 242 g/mol. The number of carbonyl (C=O) groups excluding carboxylic acids is 2. The van der Waals surface area contributed by atoms with Crippen LogP contribution in [-0.2, 0) is 17.6 Å². The predicted octanol–water partition coefficient (Wildman–Crippen LogP) is 2.49. The fourth-order valence-corrected chi connectivity index (χ4v) is 2.37. The van der Waals surface area contributed by atoms with Crippen LogP contribution in [-0.4, -0.2) is 24.0 Å². The second-order valence-electron chi connectivity index (χ2n) is 5.85. The lowest BCUT2D eigenvalue weighted by atomic mass is 10.0. The Morgan fingerprint density at radius 1 is 1.37 bits per heavy atom. The van der Waals surface area contributed by atoms with Gasteiger partial charge >= 0.3 is 6.09 Å². The summed E-state index contributed by atoms with van der Waals surface area (Å²) >= 11 is 0. The van der Waals surface area contributed by atoms with Crippen molar-refractivity contribution in [3.63, 3.8) is 0 Å². The zero-order valence-electron chi connectivity index (χ0n) is 11.5. The van der Waals surface area contributed by atoms with Crippen LogP contribution in [0, 0.1) is 0 Å². The average molecular weight is 261 g/mol. The van der Waals surface area contributed by atoms with E-state index in [4.69, 9.17) is 4.74 Å². The van der Waals surface area contributed by atoms with Crippen molar-refractivity contribution >= 4 is 12.4 Å². The molecule has 0 aromatic heterocycles. The van der Waals surface area contributed by atoms with Gasteiger partial charge < -0.3 is 10.1 Å². The van der Waals surface area contributed by atoms with Crippen LogP contribution >= 0.6 is 0 Å². The van der Waals surface area contributed by atoms with Crippen molar-refractivity contribution in [2.45, 2.75) is 45.3 Å². The van der Waals surface area contributed by atoms with Gasteiger partial charge in [-0.05, 0) is 44.7 Å². The first-order valence-electron chi connectivity index (χ1n) is 6.44. The standard InChI is InChI=1S/C15H19NO3/c1-15(2,3)19-14(18)16-12-7-10-5-4-6-11(9-17)13(10)8-12/h4-6,9,12H,7-8H2,1-3H3,(H,16,18). The second-order valence-corrected chi connectivity index (χ2v) is 5.85. The lowest BCUT2D eigenvalue weighted by Crippen LogP contribution is -2.39. The van der Waals surface area contributed by atoms with Gasteiger partial charge in [-0.25, -0.2) is 4.79 Å². The van der Waals surface area contributed by atoms with Crippen molar-refractivity contribution < 1.29 is 14.3 Å². The Kier molecular flexibility index (Phi) is 3.60. The first kappa shape index (κ1) is 13.6. The molecule has 1 unspecified atom stereocenters. The summed E-state index contributed by atoms with van der Waals surface area (Å²) < 4.78 is 5.24. The van der Waals surface area contributed by atoms with E-state index in [0.29, 0.717) is 12.0 Å². The van der Waals surface area contributed by atoms with Gasteiger partial charge in [0.05, 0.1) is 0 Å². The maximum Gasteiger partial charge on any atom is 0.407 e. The molecule has 0 aliphatic heterocycles. The maximum absolute atomic E-state index is 11.7. The van der Waals surface area contributed by atoms with Gasteiger partial charge in [-0.15, -0.1) is 0 Å². The van der Waals surface area contributed by atoms with Crippen molar-refractivity contribution in [3.8, 4) is 0 Å². The minimum Gasteiger partial charge on any atom is -0.444 e. The Balaban J connectivity index is 2.01. The van der Waals surface area contributed by atoms with Crippen LogP contribution in [0.15, 0.2) is 18.2 Å². The zero-order chi connectivity index (χ0) is 14.0. The highest BCUT2D eigenvalue weighted by molar-refractivity contribution is 5.78. The topological polar surface area (TPSA) is 55.4 Å². The Morgan fingerprint density at radius 2 is 2.11 bits per heavy atom. The van der Waals surface area contributed by atoms with Crippen LogP contribution in [0.1, 0.15) is 42.3 Å². The fraction of sp³-hybridized carbons (Fsp3) is 0.467. The fourth-order valence-electron chi connectivity index (χ4n) is 2.37. The van der Waals surface area contributed by atoms with E-state index in [-0.39, 0.29) is 6.04 Å². The molecule has 1 amide bonds. The predicted molar refractivity (Wildman–Crippen MR) is 72.4 cm³/mol. The van der Waals surface area contributed by atoms with Crippen molar-refractivity contribution in [1.29, 1.82) is 0 Å². The molecule has 1 N–H and O–H groups in total. The smallest absolute Gasteiger partial charge is 0.407 e. The molecule has 102 valence electrons. The molecule has 0 heterocycles. The molecule has 4 nitrogen and oxygen atoms in total. The van der Waals surface area contributed by atoms with E-state index in [1.807, 2.05) is 39.0 Å². The van der Waals surface area contributed by atoms with Crippen molar-refractivity contribution in [1.82, 2.24) is 5.32 Å². The highest BCUT2D eigenvalue weighted by Crippen LogP contribution is 2.25. The molecule has 1 aliphatic carbocycles. The molecule has 1 aromatic rings. The number of carbonyl (C=O) groups is 2. The van der Waals surface area contributed by atoms with E-state index in [0.717, 1.165) is 23.8 Å². The van der Waals surface area contributed by atoms with Gasteiger partial charge in [0.2, 0.25) is 0 Å². The molecule has 19 heavy (non-hydrogen) atoms. The number of hydrogen-bond acceptors (Lipinski definition) is 3. The van der Waals surface area contributed by atoms with Crippen LogP contribution in [0.4, 0.5) is 4.79 Å². The van der Waals surface area contributed by atoms with Crippen LogP contribution < -0.4 is 5.32 Å². The Labute approximate surface area is 113 Å². The van der Waals surface area contributed by atoms with E-state index >= 15 is 0 Å². The third-order valence-corrected chi connectivity index (χ3v) is 3.07. The van der Waals surface area contributed by atoms with Crippen LogP contribution in [0.25, 0.3) is 0 Å². The largest absolute Gasteiger partial charge is 0.444 e. The second kappa shape index (κ2) is 5.03. The Bertz CT molecular complexity index is 503. The maximum atomic E-state index is 11.7. The minimum absolute atomic E-state index is 0.00551. The summed E-state index contributed by atoms with van der Waals surface area (Å²) in [4.78, 5) is 22.7. The molecular formula is C15H19NO3. The molecule has 0 spiro atoms.